The van der Waals surface area contributed by atoms with Gasteiger partial charge in [0.25, 0.3) is 0 Å². The van der Waals surface area contributed by atoms with Crippen molar-refractivity contribution in [2.24, 2.45) is 5.73 Å². The van der Waals surface area contributed by atoms with Gasteiger partial charge in [-0.3, -0.25) is 0 Å². The van der Waals surface area contributed by atoms with Crippen LogP contribution >= 0.6 is 0 Å². The normalized spacial score (nSPS) is 10.9. The zero-order valence-corrected chi connectivity index (χ0v) is 13.5. The summed E-state index contributed by atoms with van der Waals surface area (Å²) < 4.78 is 6.15. The standard InChI is InChI=1S/C20H22BNO/c1-2-16-7-5-10-18(15-16)21(23-14-13-22)20-12-6-9-17-8-3-4-11-19(17)20/h3-12,15H,2,13-14,22H2,1H3. The SMILES string of the molecule is CCc1cccc(B(OCCN)c2cccc3ccccc23)c1. The van der Waals surface area contributed by atoms with Crippen molar-refractivity contribution in [2.45, 2.75) is 13.3 Å². The summed E-state index contributed by atoms with van der Waals surface area (Å²) in [7, 11) is 0. The average molecular weight is 303 g/mol. The Hall–Kier alpha value is -2.10. The highest BCUT2D eigenvalue weighted by atomic mass is 16.4. The summed E-state index contributed by atoms with van der Waals surface area (Å²) in [6.07, 6.45) is 1.02. The number of benzene rings is 3. The van der Waals surface area contributed by atoms with E-state index < -0.39 is 0 Å². The molecule has 0 amide bonds. The first-order valence-corrected chi connectivity index (χ1v) is 8.21. The first-order valence-electron chi connectivity index (χ1n) is 8.21. The van der Waals surface area contributed by atoms with E-state index in [-0.39, 0.29) is 6.92 Å². The van der Waals surface area contributed by atoms with Crippen LogP contribution in [0, 0.1) is 0 Å². The fourth-order valence-electron chi connectivity index (χ4n) is 3.01. The van der Waals surface area contributed by atoms with Gasteiger partial charge >= 0.3 is 6.92 Å². The third kappa shape index (κ3) is 3.47. The van der Waals surface area contributed by atoms with Crippen LogP contribution in [0.5, 0.6) is 0 Å². The van der Waals surface area contributed by atoms with E-state index in [1.165, 1.54) is 27.3 Å². The minimum atomic E-state index is -0.0869. The zero-order valence-electron chi connectivity index (χ0n) is 13.5. The first kappa shape index (κ1) is 15.8. The number of hydrogen-bond donors (Lipinski definition) is 1. The number of fused-ring (bicyclic) bond motifs is 1. The minimum absolute atomic E-state index is 0.0869. The monoisotopic (exact) mass is 303 g/mol. The third-order valence-electron chi connectivity index (χ3n) is 4.17. The van der Waals surface area contributed by atoms with E-state index in [4.69, 9.17) is 10.4 Å². The quantitative estimate of drug-likeness (QED) is 0.710. The molecule has 116 valence electrons. The van der Waals surface area contributed by atoms with Crippen LogP contribution in [-0.4, -0.2) is 20.1 Å². The van der Waals surface area contributed by atoms with Crippen molar-refractivity contribution in [1.29, 1.82) is 0 Å². The number of nitrogens with two attached hydrogens (primary N) is 1. The van der Waals surface area contributed by atoms with Crippen molar-refractivity contribution in [3.8, 4) is 0 Å². The van der Waals surface area contributed by atoms with Gasteiger partial charge in [-0.15, -0.1) is 0 Å². The molecule has 3 rings (SSSR count). The molecule has 3 aromatic carbocycles. The molecule has 2 N–H and O–H groups in total. The predicted octanol–water partition coefficient (Wildman–Crippen LogP) is 2.48. The molecule has 0 spiro atoms. The molecule has 3 aromatic rings. The van der Waals surface area contributed by atoms with Crippen LogP contribution in [0.2, 0.25) is 0 Å². The maximum atomic E-state index is 6.15. The van der Waals surface area contributed by atoms with Gasteiger partial charge in [-0.2, -0.15) is 0 Å². The van der Waals surface area contributed by atoms with E-state index in [1.807, 2.05) is 0 Å². The van der Waals surface area contributed by atoms with Gasteiger partial charge < -0.3 is 10.4 Å². The summed E-state index contributed by atoms with van der Waals surface area (Å²) in [6, 6.07) is 23.5. The van der Waals surface area contributed by atoms with Crippen LogP contribution in [0.3, 0.4) is 0 Å². The molecule has 3 heteroatoms. The molecule has 0 aromatic heterocycles. The van der Waals surface area contributed by atoms with E-state index in [2.05, 4.69) is 73.7 Å². The molecule has 0 bridgehead atoms. The molecule has 2 nitrogen and oxygen atoms in total. The minimum Gasteiger partial charge on any atom is -0.426 e. The van der Waals surface area contributed by atoms with Gasteiger partial charge in [-0.1, -0.05) is 73.7 Å². The molecule has 0 fully saturated rings. The molecule has 0 aliphatic rings. The second kappa shape index (κ2) is 7.45. The predicted molar refractivity (Wildman–Crippen MR) is 99.8 cm³/mol. The number of aryl methyl sites for hydroxylation is 1. The molecule has 23 heavy (non-hydrogen) atoms. The zero-order chi connectivity index (χ0) is 16.1. The molecule has 0 atom stereocenters. The lowest BCUT2D eigenvalue weighted by Crippen LogP contribution is -2.46. The largest absolute Gasteiger partial charge is 0.426 e. The van der Waals surface area contributed by atoms with Gasteiger partial charge in [0.1, 0.15) is 0 Å². The van der Waals surface area contributed by atoms with Crippen LogP contribution in [0.25, 0.3) is 10.8 Å². The fraction of sp³-hybridized carbons (Fsp3) is 0.200. The van der Waals surface area contributed by atoms with E-state index in [0.717, 1.165) is 6.42 Å². The van der Waals surface area contributed by atoms with Crippen LogP contribution in [0.15, 0.2) is 66.7 Å². The van der Waals surface area contributed by atoms with Crippen LogP contribution in [-0.2, 0) is 11.1 Å². The van der Waals surface area contributed by atoms with Crippen LogP contribution in [0.1, 0.15) is 12.5 Å². The summed E-state index contributed by atoms with van der Waals surface area (Å²) in [6.45, 7) is 3.15. The first-order chi connectivity index (χ1) is 11.3. The highest BCUT2D eigenvalue weighted by molar-refractivity contribution is 6.82. The van der Waals surface area contributed by atoms with Crippen molar-refractivity contribution in [1.82, 2.24) is 0 Å². The Bertz CT molecular complexity index is 782. The van der Waals surface area contributed by atoms with Gasteiger partial charge in [0.05, 0.1) is 0 Å². The van der Waals surface area contributed by atoms with E-state index in [1.54, 1.807) is 0 Å². The Balaban J connectivity index is 2.10. The molecule has 0 heterocycles. The second-order valence-corrected chi connectivity index (χ2v) is 5.71. The third-order valence-corrected chi connectivity index (χ3v) is 4.17. The number of rotatable bonds is 6. The summed E-state index contributed by atoms with van der Waals surface area (Å²) in [5, 5.41) is 2.47. The Morgan fingerprint density at radius 2 is 1.74 bits per heavy atom. The van der Waals surface area contributed by atoms with Crippen molar-refractivity contribution in [3.05, 3.63) is 72.3 Å². The smallest absolute Gasteiger partial charge is 0.362 e. The lowest BCUT2D eigenvalue weighted by molar-refractivity contribution is 0.345. The van der Waals surface area contributed by atoms with Gasteiger partial charge in [-0.05, 0) is 33.7 Å². The molecular formula is C20H22BNO. The highest BCUT2D eigenvalue weighted by Gasteiger charge is 2.23. The summed E-state index contributed by atoms with van der Waals surface area (Å²) in [4.78, 5) is 0. The van der Waals surface area contributed by atoms with Crippen molar-refractivity contribution in [2.75, 3.05) is 13.2 Å². The molecular weight excluding hydrogens is 281 g/mol. The second-order valence-electron chi connectivity index (χ2n) is 5.71. The topological polar surface area (TPSA) is 35.2 Å². The van der Waals surface area contributed by atoms with Crippen LogP contribution in [0.4, 0.5) is 0 Å². The van der Waals surface area contributed by atoms with Crippen molar-refractivity contribution >= 4 is 28.6 Å². The van der Waals surface area contributed by atoms with E-state index in [9.17, 15) is 0 Å². The van der Waals surface area contributed by atoms with E-state index in [0.29, 0.717) is 13.2 Å². The highest BCUT2D eigenvalue weighted by Crippen LogP contribution is 2.12. The average Bonchev–Trinajstić information content (AvgIpc) is 2.62. The maximum Gasteiger partial charge on any atom is 0.362 e. The van der Waals surface area contributed by atoms with Gasteiger partial charge in [0, 0.05) is 13.2 Å². The lowest BCUT2D eigenvalue weighted by atomic mass is 9.54. The maximum absolute atomic E-state index is 6.15. The molecule has 0 radical (unpaired) electrons. The van der Waals surface area contributed by atoms with E-state index >= 15 is 0 Å². The fourth-order valence-corrected chi connectivity index (χ4v) is 3.01. The van der Waals surface area contributed by atoms with Gasteiger partial charge in [0.15, 0.2) is 0 Å². The Labute approximate surface area is 138 Å². The number of hydrogen-bond acceptors (Lipinski definition) is 2. The lowest BCUT2D eigenvalue weighted by Gasteiger charge is -2.17. The Morgan fingerprint density at radius 3 is 2.57 bits per heavy atom. The molecule has 0 aliphatic carbocycles. The van der Waals surface area contributed by atoms with Crippen molar-refractivity contribution in [3.63, 3.8) is 0 Å². The van der Waals surface area contributed by atoms with Gasteiger partial charge in [-0.25, -0.2) is 0 Å². The Kier molecular flexibility index (Phi) is 5.11. The molecule has 0 unspecified atom stereocenters. The van der Waals surface area contributed by atoms with Crippen LogP contribution < -0.4 is 16.7 Å². The Morgan fingerprint density at radius 1 is 0.957 bits per heavy atom. The summed E-state index contributed by atoms with van der Waals surface area (Å²) in [5.74, 6) is 0. The molecule has 0 saturated heterocycles. The summed E-state index contributed by atoms with van der Waals surface area (Å²) >= 11 is 0. The van der Waals surface area contributed by atoms with Gasteiger partial charge in [0.2, 0.25) is 0 Å². The summed E-state index contributed by atoms with van der Waals surface area (Å²) in [5.41, 5.74) is 9.39. The molecule has 0 aliphatic heterocycles. The molecule has 0 saturated carbocycles. The van der Waals surface area contributed by atoms with Crippen molar-refractivity contribution < 1.29 is 4.65 Å².